The second-order valence-corrected chi connectivity index (χ2v) is 9.02. The number of carbonyl (C=O) groups excluding carboxylic acids is 3. The van der Waals surface area contributed by atoms with Crippen LogP contribution < -0.4 is 5.32 Å². The maximum absolute atomic E-state index is 12.7. The van der Waals surface area contributed by atoms with Crippen LogP contribution in [0.1, 0.15) is 12.5 Å². The van der Waals surface area contributed by atoms with E-state index in [-0.39, 0.29) is 28.6 Å². The number of aliphatic hydroxyl groups excluding tert-OH is 1. The van der Waals surface area contributed by atoms with Crippen molar-refractivity contribution in [3.05, 3.63) is 68.1 Å². The van der Waals surface area contributed by atoms with Gasteiger partial charge >= 0.3 is 5.97 Å². The third-order valence-corrected chi connectivity index (χ3v) is 6.63. The Hall–Kier alpha value is -3.26. The van der Waals surface area contributed by atoms with Gasteiger partial charge in [0.2, 0.25) is 5.70 Å². The summed E-state index contributed by atoms with van der Waals surface area (Å²) in [6.45, 7) is 1.63. The summed E-state index contributed by atoms with van der Waals surface area (Å²) in [5.74, 6) is -2.94. The maximum atomic E-state index is 12.7. The van der Waals surface area contributed by atoms with Crippen LogP contribution in [0, 0.1) is 15.0 Å². The molecular formula is C19H17BrN4O8S. The number of β-lactam (4-membered cyclic amide) rings is 1. The number of nitrogens with one attached hydrogen (secondary N) is 1. The van der Waals surface area contributed by atoms with Gasteiger partial charge in [0, 0.05) is 17.4 Å². The summed E-state index contributed by atoms with van der Waals surface area (Å²) in [6.07, 6.45) is 1.56. The number of non-ortho nitro benzene ring substituents is 1. The Kier molecular flexibility index (Phi) is 7.48. The van der Waals surface area contributed by atoms with Gasteiger partial charge in [-0.3, -0.25) is 24.6 Å². The fourth-order valence-corrected chi connectivity index (χ4v) is 4.75. The molecular weight excluding hydrogens is 524 g/mol. The zero-order chi connectivity index (χ0) is 24.3. The van der Waals surface area contributed by atoms with Crippen LogP contribution in [0.2, 0.25) is 0 Å². The van der Waals surface area contributed by atoms with Crippen LogP contribution >= 0.6 is 27.7 Å². The zero-order valence-corrected chi connectivity index (χ0v) is 19.4. The minimum absolute atomic E-state index is 0.0104. The van der Waals surface area contributed by atoms with Crippen LogP contribution in [0.3, 0.4) is 0 Å². The average Bonchev–Trinajstić information content (AvgIpc) is 2.80. The van der Waals surface area contributed by atoms with Crippen molar-refractivity contribution in [1.82, 2.24) is 10.2 Å². The molecule has 3 rings (SSSR count). The first-order valence-corrected chi connectivity index (χ1v) is 11.5. The molecule has 2 N–H and O–H groups in total. The molecule has 0 aromatic heterocycles. The Morgan fingerprint density at radius 2 is 2.03 bits per heavy atom. The molecule has 174 valence electrons. The second-order valence-electron chi connectivity index (χ2n) is 6.96. The van der Waals surface area contributed by atoms with Gasteiger partial charge in [-0.1, -0.05) is 15.9 Å². The van der Waals surface area contributed by atoms with E-state index in [4.69, 9.17) is 4.74 Å². The normalized spacial score (nSPS) is 22.2. The minimum Gasteiger partial charge on any atom is -0.509 e. The van der Waals surface area contributed by atoms with E-state index in [9.17, 15) is 34.5 Å². The van der Waals surface area contributed by atoms with E-state index in [1.165, 1.54) is 40.9 Å². The van der Waals surface area contributed by atoms with Crippen molar-refractivity contribution in [2.75, 3.05) is 5.33 Å². The Balaban J connectivity index is 1.67. The number of hydrogen-bond acceptors (Lipinski definition) is 10. The number of amides is 2. The van der Waals surface area contributed by atoms with Crippen LogP contribution in [0.5, 0.6) is 0 Å². The van der Waals surface area contributed by atoms with Crippen molar-refractivity contribution < 1.29 is 29.2 Å². The SMILES string of the molecule is CC1C=C(C(=O)OCc2ccc([N+](=O)[O-])cc2)N2C(=O)C(NC(=O)C(N=O)=C(O)CBr)[C@@H]2S1. The number of fused-ring (bicyclic) bond motifs is 1. The van der Waals surface area contributed by atoms with Crippen molar-refractivity contribution in [2.24, 2.45) is 5.18 Å². The van der Waals surface area contributed by atoms with Gasteiger partial charge in [0.1, 0.15) is 29.5 Å². The predicted molar refractivity (Wildman–Crippen MR) is 120 cm³/mol. The molecule has 14 heteroatoms. The van der Waals surface area contributed by atoms with Gasteiger partial charge in [-0.05, 0) is 35.9 Å². The lowest BCUT2D eigenvalue weighted by atomic mass is 10.0. The summed E-state index contributed by atoms with van der Waals surface area (Å²) in [5.41, 5.74) is -0.307. The number of nitrogens with zero attached hydrogens (tertiary/aromatic N) is 3. The number of hydrogen-bond donors (Lipinski definition) is 2. The molecule has 0 radical (unpaired) electrons. The molecule has 0 bridgehead atoms. The molecule has 2 heterocycles. The van der Waals surface area contributed by atoms with Crippen LogP contribution in [-0.4, -0.2) is 54.7 Å². The molecule has 2 aliphatic rings. The number of halogens is 1. The van der Waals surface area contributed by atoms with Crippen molar-refractivity contribution in [3.8, 4) is 0 Å². The lowest BCUT2D eigenvalue weighted by Gasteiger charge is -2.49. The number of benzene rings is 1. The topological polar surface area (TPSA) is 169 Å². The Morgan fingerprint density at radius 1 is 1.36 bits per heavy atom. The highest BCUT2D eigenvalue weighted by Crippen LogP contribution is 2.41. The number of aliphatic hydroxyl groups is 1. The van der Waals surface area contributed by atoms with E-state index >= 15 is 0 Å². The minimum atomic E-state index is -1.03. The first-order valence-electron chi connectivity index (χ1n) is 9.41. The molecule has 2 amide bonds. The van der Waals surface area contributed by atoms with E-state index in [1.54, 1.807) is 13.0 Å². The molecule has 1 aromatic rings. The van der Waals surface area contributed by atoms with Gasteiger partial charge in [0.05, 0.1) is 10.3 Å². The lowest BCUT2D eigenvalue weighted by molar-refractivity contribution is -0.384. The molecule has 12 nitrogen and oxygen atoms in total. The number of allylic oxidation sites excluding steroid dienone is 1. The number of alkyl halides is 1. The van der Waals surface area contributed by atoms with Crippen LogP contribution in [0.25, 0.3) is 0 Å². The number of nitro groups is 1. The van der Waals surface area contributed by atoms with E-state index in [0.29, 0.717) is 5.56 Å². The molecule has 1 fully saturated rings. The first kappa shape index (κ1) is 24.4. The average molecular weight is 541 g/mol. The highest BCUT2D eigenvalue weighted by atomic mass is 79.9. The van der Waals surface area contributed by atoms with E-state index in [1.807, 2.05) is 0 Å². The number of nitroso groups, excluding NO2 is 1. The molecule has 3 atom stereocenters. The Labute approximate surface area is 199 Å². The Morgan fingerprint density at radius 3 is 2.61 bits per heavy atom. The van der Waals surface area contributed by atoms with Gasteiger partial charge in [-0.25, -0.2) is 4.79 Å². The predicted octanol–water partition coefficient (Wildman–Crippen LogP) is 2.24. The maximum Gasteiger partial charge on any atom is 0.355 e. The third-order valence-electron chi connectivity index (χ3n) is 4.77. The van der Waals surface area contributed by atoms with Gasteiger partial charge in [-0.15, -0.1) is 16.7 Å². The molecule has 1 aromatic carbocycles. The lowest BCUT2D eigenvalue weighted by Crippen LogP contribution is -2.70. The van der Waals surface area contributed by atoms with Gasteiger partial charge in [-0.2, -0.15) is 0 Å². The fraction of sp³-hybridized carbons (Fsp3) is 0.316. The van der Waals surface area contributed by atoms with Crippen molar-refractivity contribution in [1.29, 1.82) is 0 Å². The quantitative estimate of drug-likeness (QED) is 0.0733. The molecule has 1 saturated heterocycles. The number of rotatable bonds is 8. The first-order chi connectivity index (χ1) is 15.7. The van der Waals surface area contributed by atoms with Gasteiger partial charge < -0.3 is 15.2 Å². The van der Waals surface area contributed by atoms with E-state index in [2.05, 4.69) is 26.4 Å². The summed E-state index contributed by atoms with van der Waals surface area (Å²) in [5, 5.41) is 24.2. The summed E-state index contributed by atoms with van der Waals surface area (Å²) in [4.78, 5) is 59.8. The zero-order valence-electron chi connectivity index (χ0n) is 17.0. The molecule has 33 heavy (non-hydrogen) atoms. The van der Waals surface area contributed by atoms with Crippen molar-refractivity contribution in [2.45, 2.75) is 30.2 Å². The smallest absolute Gasteiger partial charge is 0.355 e. The van der Waals surface area contributed by atoms with Crippen molar-refractivity contribution >= 4 is 51.2 Å². The number of thioether (sulfide) groups is 1. The number of ether oxygens (including phenoxy) is 1. The highest BCUT2D eigenvalue weighted by Gasteiger charge is 2.54. The number of nitro benzene ring substituents is 1. The monoisotopic (exact) mass is 540 g/mol. The van der Waals surface area contributed by atoms with E-state index < -0.39 is 45.6 Å². The molecule has 2 unspecified atom stereocenters. The number of carbonyl (C=O) groups is 3. The summed E-state index contributed by atoms with van der Waals surface area (Å²) in [7, 11) is 0. The third kappa shape index (κ3) is 5.06. The van der Waals surface area contributed by atoms with E-state index in [0.717, 1.165) is 0 Å². The fourth-order valence-electron chi connectivity index (χ4n) is 3.16. The number of esters is 1. The largest absolute Gasteiger partial charge is 0.509 e. The van der Waals surface area contributed by atoms with Crippen LogP contribution in [-0.2, 0) is 25.7 Å². The molecule has 0 spiro atoms. The highest BCUT2D eigenvalue weighted by molar-refractivity contribution is 9.09. The second kappa shape index (κ2) is 10.1. The van der Waals surface area contributed by atoms with Gasteiger partial charge in [0.25, 0.3) is 17.5 Å². The van der Waals surface area contributed by atoms with Gasteiger partial charge in [0.15, 0.2) is 0 Å². The van der Waals surface area contributed by atoms with Crippen LogP contribution in [0.4, 0.5) is 5.69 Å². The summed E-state index contributed by atoms with van der Waals surface area (Å²) in [6, 6.07) is 4.45. The standard InChI is InChI=1S/C19H17BrN4O8S/c1-9-6-12(19(28)32-8-10-2-4-11(5-3-10)24(30)31)23-17(27)15(18(23)33-9)21-16(26)14(22-29)13(25)7-20/h2-6,9,15,18,25H,7-8H2,1H3,(H,21,26)/t9?,15?,18-/m0/s1. The molecule has 2 aliphatic heterocycles. The van der Waals surface area contributed by atoms with Crippen molar-refractivity contribution in [3.63, 3.8) is 0 Å². The summed E-state index contributed by atoms with van der Waals surface area (Å²) < 4.78 is 5.27. The summed E-state index contributed by atoms with van der Waals surface area (Å²) >= 11 is 4.22. The molecule has 0 aliphatic carbocycles. The van der Waals surface area contributed by atoms with Crippen LogP contribution in [0.15, 0.2) is 52.7 Å². The molecule has 0 saturated carbocycles. The Bertz CT molecular complexity index is 1070.